The third kappa shape index (κ3) is 6.74. The molecule has 0 spiro atoms. The zero-order chi connectivity index (χ0) is 24.6. The standard InChI is InChI=1S/C28H33ClN4O2/c1-20-5-3-12-33(20)13-4-14-35-28(30)26-16-22(23-15-25(34-2)19-31-18-23)8-11-27(26)32-17-21-6-9-24(29)10-7-21/h6-11,15-16,18-20,30,32H,3-5,12-14,17H2,1-2H3. The van der Waals surface area contributed by atoms with Crippen LogP contribution in [-0.4, -0.2) is 48.6 Å². The predicted octanol–water partition coefficient (Wildman–Crippen LogP) is 6.24. The SMILES string of the molecule is COc1cncc(-c2ccc(NCc3ccc(Cl)cc3)c(C(=N)OCCCN3CCCC3C)c2)c1. The number of hydrogen-bond acceptors (Lipinski definition) is 6. The monoisotopic (exact) mass is 492 g/mol. The summed E-state index contributed by atoms with van der Waals surface area (Å²) in [4.78, 5) is 6.78. The van der Waals surface area contributed by atoms with Crippen molar-refractivity contribution in [3.8, 4) is 16.9 Å². The Bertz CT molecular complexity index is 1140. The van der Waals surface area contributed by atoms with E-state index in [9.17, 15) is 0 Å². The molecule has 4 rings (SSSR count). The molecule has 6 nitrogen and oxygen atoms in total. The Hall–Kier alpha value is -3.09. The molecule has 7 heteroatoms. The second-order valence-electron chi connectivity index (χ2n) is 8.91. The van der Waals surface area contributed by atoms with Crippen LogP contribution in [0.1, 0.15) is 37.3 Å². The second kappa shape index (κ2) is 12.0. The number of hydrogen-bond donors (Lipinski definition) is 2. The summed E-state index contributed by atoms with van der Waals surface area (Å²) in [6, 6.07) is 16.3. The second-order valence-corrected chi connectivity index (χ2v) is 9.35. The fraction of sp³-hybridized carbons (Fsp3) is 0.357. The van der Waals surface area contributed by atoms with Crippen LogP contribution in [0, 0.1) is 5.41 Å². The summed E-state index contributed by atoms with van der Waals surface area (Å²) >= 11 is 6.02. The Balaban J connectivity index is 1.49. The molecule has 0 amide bonds. The molecule has 2 aromatic carbocycles. The van der Waals surface area contributed by atoms with Gasteiger partial charge in [-0.1, -0.05) is 29.8 Å². The number of halogens is 1. The molecule has 1 saturated heterocycles. The highest BCUT2D eigenvalue weighted by Gasteiger charge is 2.19. The lowest BCUT2D eigenvalue weighted by Crippen LogP contribution is -2.28. The maximum atomic E-state index is 8.71. The maximum Gasteiger partial charge on any atom is 0.215 e. The van der Waals surface area contributed by atoms with Crippen molar-refractivity contribution < 1.29 is 9.47 Å². The van der Waals surface area contributed by atoms with E-state index in [0.717, 1.165) is 41.9 Å². The number of nitrogens with zero attached hydrogens (tertiary/aromatic N) is 2. The van der Waals surface area contributed by atoms with E-state index >= 15 is 0 Å². The number of anilines is 1. The van der Waals surface area contributed by atoms with E-state index in [0.29, 0.717) is 35.5 Å². The smallest absolute Gasteiger partial charge is 0.215 e. The number of ether oxygens (including phenoxy) is 2. The average Bonchev–Trinajstić information content (AvgIpc) is 3.30. The summed E-state index contributed by atoms with van der Waals surface area (Å²) in [7, 11) is 1.63. The molecule has 0 saturated carbocycles. The minimum Gasteiger partial charge on any atom is -0.495 e. The number of pyridine rings is 1. The fourth-order valence-corrected chi connectivity index (χ4v) is 4.52. The van der Waals surface area contributed by atoms with Crippen molar-refractivity contribution in [2.24, 2.45) is 0 Å². The van der Waals surface area contributed by atoms with E-state index in [2.05, 4.69) is 22.1 Å². The topological polar surface area (TPSA) is 70.5 Å². The third-order valence-corrected chi connectivity index (χ3v) is 6.72. The summed E-state index contributed by atoms with van der Waals surface area (Å²) in [6.45, 7) is 5.58. The Morgan fingerprint density at radius 1 is 1.14 bits per heavy atom. The van der Waals surface area contributed by atoms with Gasteiger partial charge in [0.1, 0.15) is 5.75 Å². The highest BCUT2D eigenvalue weighted by Crippen LogP contribution is 2.28. The molecule has 184 valence electrons. The normalized spacial score (nSPS) is 15.7. The number of methoxy groups -OCH3 is 1. The van der Waals surface area contributed by atoms with Gasteiger partial charge < -0.3 is 19.7 Å². The average molecular weight is 493 g/mol. The van der Waals surface area contributed by atoms with Gasteiger partial charge in [0.15, 0.2) is 0 Å². The molecule has 0 radical (unpaired) electrons. The number of aromatic nitrogens is 1. The fourth-order valence-electron chi connectivity index (χ4n) is 4.40. The van der Waals surface area contributed by atoms with Gasteiger partial charge in [-0.2, -0.15) is 0 Å². The van der Waals surface area contributed by atoms with E-state index in [1.54, 1.807) is 19.5 Å². The van der Waals surface area contributed by atoms with Crippen LogP contribution in [0.3, 0.4) is 0 Å². The van der Waals surface area contributed by atoms with Gasteiger partial charge in [-0.3, -0.25) is 10.4 Å². The zero-order valence-corrected chi connectivity index (χ0v) is 21.1. The summed E-state index contributed by atoms with van der Waals surface area (Å²) in [5.41, 5.74) is 4.54. The minimum absolute atomic E-state index is 0.163. The lowest BCUT2D eigenvalue weighted by atomic mass is 10.0. The van der Waals surface area contributed by atoms with Crippen LogP contribution in [0.5, 0.6) is 5.75 Å². The first-order valence-electron chi connectivity index (χ1n) is 12.1. The molecule has 1 atom stereocenters. The molecule has 2 N–H and O–H groups in total. The summed E-state index contributed by atoms with van der Waals surface area (Å²) in [6.07, 6.45) is 6.92. The van der Waals surface area contributed by atoms with Gasteiger partial charge in [0.25, 0.3) is 0 Å². The quantitative estimate of drug-likeness (QED) is 0.199. The number of likely N-dealkylation sites (tertiary alicyclic amines) is 1. The largest absolute Gasteiger partial charge is 0.495 e. The van der Waals surface area contributed by atoms with Crippen molar-refractivity contribution >= 4 is 23.2 Å². The first kappa shape index (κ1) is 25.0. The minimum atomic E-state index is 0.163. The van der Waals surface area contributed by atoms with Gasteiger partial charge in [0, 0.05) is 41.6 Å². The van der Waals surface area contributed by atoms with Gasteiger partial charge in [-0.05, 0) is 74.2 Å². The number of nitrogens with one attached hydrogen (secondary N) is 2. The Morgan fingerprint density at radius 2 is 1.97 bits per heavy atom. The molecule has 1 aliphatic rings. The molecule has 35 heavy (non-hydrogen) atoms. The van der Waals surface area contributed by atoms with E-state index < -0.39 is 0 Å². The highest BCUT2D eigenvalue weighted by molar-refractivity contribution is 6.30. The maximum absolute atomic E-state index is 8.71. The predicted molar refractivity (Wildman–Crippen MR) is 143 cm³/mol. The Labute approximate surface area is 212 Å². The summed E-state index contributed by atoms with van der Waals surface area (Å²) in [5.74, 6) is 0.854. The molecule has 1 unspecified atom stereocenters. The van der Waals surface area contributed by atoms with E-state index in [-0.39, 0.29) is 5.90 Å². The molecule has 2 heterocycles. The number of benzene rings is 2. The summed E-state index contributed by atoms with van der Waals surface area (Å²) < 4.78 is 11.3. The molecule has 0 aliphatic carbocycles. The van der Waals surface area contributed by atoms with Crippen LogP contribution in [0.2, 0.25) is 5.02 Å². The third-order valence-electron chi connectivity index (χ3n) is 6.47. The van der Waals surface area contributed by atoms with E-state index in [1.165, 1.54) is 12.8 Å². The molecule has 3 aromatic rings. The lowest BCUT2D eigenvalue weighted by molar-refractivity contribution is 0.225. The van der Waals surface area contributed by atoms with Crippen molar-refractivity contribution in [1.82, 2.24) is 9.88 Å². The van der Waals surface area contributed by atoms with Gasteiger partial charge in [0.05, 0.1) is 25.5 Å². The van der Waals surface area contributed by atoms with Crippen LogP contribution in [0.4, 0.5) is 5.69 Å². The highest BCUT2D eigenvalue weighted by atomic mass is 35.5. The van der Waals surface area contributed by atoms with Gasteiger partial charge in [0.2, 0.25) is 5.90 Å². The van der Waals surface area contributed by atoms with Crippen molar-refractivity contribution in [1.29, 1.82) is 5.41 Å². The molecular formula is C28H33ClN4O2. The van der Waals surface area contributed by atoms with Crippen LogP contribution in [0.15, 0.2) is 60.9 Å². The van der Waals surface area contributed by atoms with Crippen molar-refractivity contribution in [2.75, 3.05) is 32.1 Å². The Morgan fingerprint density at radius 3 is 2.71 bits per heavy atom. The van der Waals surface area contributed by atoms with Crippen LogP contribution < -0.4 is 10.1 Å². The number of rotatable bonds is 10. The van der Waals surface area contributed by atoms with Crippen LogP contribution in [0.25, 0.3) is 11.1 Å². The van der Waals surface area contributed by atoms with E-state index in [1.807, 2.05) is 48.5 Å². The zero-order valence-electron chi connectivity index (χ0n) is 20.4. The molecule has 0 bridgehead atoms. The summed E-state index contributed by atoms with van der Waals surface area (Å²) in [5, 5.41) is 12.9. The van der Waals surface area contributed by atoms with Crippen molar-refractivity contribution in [3.63, 3.8) is 0 Å². The van der Waals surface area contributed by atoms with Crippen LogP contribution >= 0.6 is 11.6 Å². The molecule has 1 aliphatic heterocycles. The van der Waals surface area contributed by atoms with Crippen molar-refractivity contribution in [3.05, 3.63) is 77.1 Å². The van der Waals surface area contributed by atoms with Crippen LogP contribution in [-0.2, 0) is 11.3 Å². The molecule has 1 aromatic heterocycles. The first-order chi connectivity index (χ1) is 17.0. The van der Waals surface area contributed by atoms with Crippen molar-refractivity contribution in [2.45, 2.75) is 38.8 Å². The lowest BCUT2D eigenvalue weighted by Gasteiger charge is -2.21. The molecular weight excluding hydrogens is 460 g/mol. The Kier molecular flexibility index (Phi) is 8.61. The first-order valence-corrected chi connectivity index (χ1v) is 12.5. The molecule has 1 fully saturated rings. The van der Waals surface area contributed by atoms with Gasteiger partial charge in [-0.25, -0.2) is 0 Å². The van der Waals surface area contributed by atoms with E-state index in [4.69, 9.17) is 26.5 Å². The van der Waals surface area contributed by atoms with Gasteiger partial charge >= 0.3 is 0 Å². The van der Waals surface area contributed by atoms with Gasteiger partial charge in [-0.15, -0.1) is 0 Å².